The standard InChI is InChI=1S/C5H10BrNO.C3H6O2/c6-4-1-2-7-3-5(4)8;1-2-5-3-4/h4-5,7-8H,1-3H2;3H,2H2,1H3. The van der Waals surface area contributed by atoms with Crippen LogP contribution in [0.15, 0.2) is 0 Å². The minimum absolute atomic E-state index is 0.191. The first-order chi connectivity index (χ1) is 6.22. The summed E-state index contributed by atoms with van der Waals surface area (Å²) in [5.74, 6) is 0. The first-order valence-corrected chi connectivity index (χ1v) is 5.22. The highest BCUT2D eigenvalue weighted by molar-refractivity contribution is 9.09. The smallest absolute Gasteiger partial charge is 0.293 e. The molecule has 1 rings (SSSR count). The van der Waals surface area contributed by atoms with Crippen molar-refractivity contribution in [3.05, 3.63) is 0 Å². The number of hydrogen-bond acceptors (Lipinski definition) is 4. The van der Waals surface area contributed by atoms with Crippen LogP contribution in [0.1, 0.15) is 13.3 Å². The van der Waals surface area contributed by atoms with E-state index < -0.39 is 0 Å². The van der Waals surface area contributed by atoms with Crippen LogP contribution in [0.2, 0.25) is 0 Å². The second kappa shape index (κ2) is 8.47. The van der Waals surface area contributed by atoms with Crippen LogP contribution in [-0.2, 0) is 9.53 Å². The first-order valence-electron chi connectivity index (χ1n) is 4.30. The van der Waals surface area contributed by atoms with Gasteiger partial charge in [0.25, 0.3) is 6.47 Å². The molecule has 0 aromatic rings. The van der Waals surface area contributed by atoms with Gasteiger partial charge in [-0.25, -0.2) is 0 Å². The lowest BCUT2D eigenvalue weighted by molar-refractivity contribution is -0.128. The molecule has 1 fully saturated rings. The van der Waals surface area contributed by atoms with Gasteiger partial charge < -0.3 is 15.2 Å². The summed E-state index contributed by atoms with van der Waals surface area (Å²) in [6.07, 6.45) is 0.838. The van der Waals surface area contributed by atoms with E-state index >= 15 is 0 Å². The molecule has 1 aliphatic rings. The van der Waals surface area contributed by atoms with Crippen LogP contribution in [0.4, 0.5) is 0 Å². The van der Waals surface area contributed by atoms with Crippen molar-refractivity contribution in [1.29, 1.82) is 0 Å². The predicted molar refractivity (Wildman–Crippen MR) is 53.9 cm³/mol. The lowest BCUT2D eigenvalue weighted by Gasteiger charge is -2.23. The second-order valence-corrected chi connectivity index (χ2v) is 3.80. The van der Waals surface area contributed by atoms with Gasteiger partial charge in [-0.1, -0.05) is 15.9 Å². The molecule has 0 spiro atoms. The Bertz CT molecular complexity index is 125. The third-order valence-electron chi connectivity index (χ3n) is 1.60. The van der Waals surface area contributed by atoms with Crippen LogP contribution < -0.4 is 5.32 Å². The molecule has 2 N–H and O–H groups in total. The van der Waals surface area contributed by atoms with Crippen molar-refractivity contribution in [3.63, 3.8) is 0 Å². The maximum absolute atomic E-state index is 9.18. The monoisotopic (exact) mass is 253 g/mol. The van der Waals surface area contributed by atoms with E-state index in [1.807, 2.05) is 0 Å². The number of halogens is 1. The molecule has 4 nitrogen and oxygen atoms in total. The van der Waals surface area contributed by atoms with Gasteiger partial charge in [0.05, 0.1) is 12.7 Å². The van der Waals surface area contributed by atoms with E-state index in [9.17, 15) is 4.79 Å². The van der Waals surface area contributed by atoms with E-state index in [0.717, 1.165) is 19.5 Å². The molecule has 0 radical (unpaired) electrons. The van der Waals surface area contributed by atoms with Crippen molar-refractivity contribution in [3.8, 4) is 0 Å². The fraction of sp³-hybridized carbons (Fsp3) is 0.875. The number of aliphatic hydroxyl groups excluding tert-OH is 1. The number of β-amino-alcohol motifs (C(OH)–C–C–N with tert-alkyl or cyclic N) is 1. The fourth-order valence-corrected chi connectivity index (χ4v) is 1.29. The van der Waals surface area contributed by atoms with E-state index in [1.54, 1.807) is 6.92 Å². The Balaban J connectivity index is 0.000000252. The number of carbonyl (C=O) groups excluding carboxylic acids is 1. The molecule has 0 aromatic heterocycles. The minimum Gasteiger partial charge on any atom is -0.468 e. The summed E-state index contributed by atoms with van der Waals surface area (Å²) in [6, 6.07) is 0. The highest BCUT2D eigenvalue weighted by atomic mass is 79.9. The Labute approximate surface area is 86.8 Å². The number of rotatable bonds is 2. The molecule has 2 unspecified atom stereocenters. The maximum atomic E-state index is 9.18. The third kappa shape index (κ3) is 6.98. The molecule has 2 atom stereocenters. The SMILES string of the molecule is CCOC=O.OC1CNCCC1Br. The van der Waals surface area contributed by atoms with Gasteiger partial charge in [0, 0.05) is 11.4 Å². The number of ether oxygens (including phenoxy) is 1. The second-order valence-electron chi connectivity index (χ2n) is 2.63. The van der Waals surface area contributed by atoms with Crippen LogP contribution in [0.5, 0.6) is 0 Å². The van der Waals surface area contributed by atoms with Gasteiger partial charge >= 0.3 is 0 Å². The third-order valence-corrected chi connectivity index (χ3v) is 2.67. The largest absolute Gasteiger partial charge is 0.468 e. The summed E-state index contributed by atoms with van der Waals surface area (Å²) >= 11 is 3.36. The van der Waals surface area contributed by atoms with E-state index in [1.165, 1.54) is 0 Å². The van der Waals surface area contributed by atoms with Crippen LogP contribution in [0.25, 0.3) is 0 Å². The molecule has 13 heavy (non-hydrogen) atoms. The van der Waals surface area contributed by atoms with E-state index in [4.69, 9.17) is 5.11 Å². The molecule has 0 bridgehead atoms. The van der Waals surface area contributed by atoms with Crippen LogP contribution in [0.3, 0.4) is 0 Å². The summed E-state index contributed by atoms with van der Waals surface area (Å²) < 4.78 is 4.15. The van der Waals surface area contributed by atoms with Crippen LogP contribution in [-0.4, -0.2) is 42.2 Å². The molecule has 0 aromatic carbocycles. The zero-order chi connectivity index (χ0) is 10.1. The van der Waals surface area contributed by atoms with Crippen molar-refractivity contribution in [2.45, 2.75) is 24.3 Å². The van der Waals surface area contributed by atoms with Crippen molar-refractivity contribution in [1.82, 2.24) is 5.32 Å². The van der Waals surface area contributed by atoms with E-state index in [-0.39, 0.29) is 6.10 Å². The molecular formula is C8H16BrNO3. The molecule has 1 heterocycles. The number of carbonyl (C=O) groups is 1. The summed E-state index contributed by atoms with van der Waals surface area (Å²) in [6.45, 7) is 4.42. The quantitative estimate of drug-likeness (QED) is 0.549. The molecule has 0 aliphatic carbocycles. The fourth-order valence-electron chi connectivity index (χ4n) is 0.878. The number of hydrogen-bond donors (Lipinski definition) is 2. The Morgan fingerprint density at radius 3 is 2.69 bits per heavy atom. The van der Waals surface area contributed by atoms with Gasteiger partial charge in [0.2, 0.25) is 0 Å². The van der Waals surface area contributed by atoms with E-state index in [2.05, 4.69) is 26.0 Å². The summed E-state index contributed by atoms with van der Waals surface area (Å²) in [4.78, 5) is 9.49. The molecule has 0 amide bonds. The van der Waals surface area contributed by atoms with E-state index in [0.29, 0.717) is 17.9 Å². The highest BCUT2D eigenvalue weighted by Crippen LogP contribution is 2.12. The Hall–Kier alpha value is -0.130. The van der Waals surface area contributed by atoms with Crippen molar-refractivity contribution in [2.24, 2.45) is 0 Å². The molecule has 78 valence electrons. The minimum atomic E-state index is -0.191. The van der Waals surface area contributed by atoms with Gasteiger partial charge in [0.1, 0.15) is 0 Å². The number of alkyl halides is 1. The average molecular weight is 254 g/mol. The molecule has 0 saturated carbocycles. The highest BCUT2D eigenvalue weighted by Gasteiger charge is 2.18. The van der Waals surface area contributed by atoms with Gasteiger partial charge in [-0.2, -0.15) is 0 Å². The van der Waals surface area contributed by atoms with Crippen molar-refractivity contribution in [2.75, 3.05) is 19.7 Å². The lowest BCUT2D eigenvalue weighted by atomic mass is 10.1. The Morgan fingerprint density at radius 1 is 1.77 bits per heavy atom. The summed E-state index contributed by atoms with van der Waals surface area (Å²) in [5.41, 5.74) is 0. The summed E-state index contributed by atoms with van der Waals surface area (Å²) in [5, 5.41) is 12.2. The molecular weight excluding hydrogens is 238 g/mol. The van der Waals surface area contributed by atoms with Gasteiger partial charge in [0.15, 0.2) is 0 Å². The Morgan fingerprint density at radius 2 is 2.46 bits per heavy atom. The maximum Gasteiger partial charge on any atom is 0.293 e. The normalized spacial score (nSPS) is 27.0. The first kappa shape index (κ1) is 12.9. The van der Waals surface area contributed by atoms with Crippen molar-refractivity contribution < 1.29 is 14.6 Å². The summed E-state index contributed by atoms with van der Waals surface area (Å²) in [7, 11) is 0. The zero-order valence-corrected chi connectivity index (χ0v) is 9.29. The number of aliphatic hydroxyl groups is 1. The molecule has 5 heteroatoms. The van der Waals surface area contributed by atoms with Crippen LogP contribution in [0, 0.1) is 0 Å². The number of nitrogens with one attached hydrogen (secondary N) is 1. The topological polar surface area (TPSA) is 58.6 Å². The molecule has 1 aliphatic heterocycles. The number of piperidine rings is 1. The zero-order valence-electron chi connectivity index (χ0n) is 7.70. The van der Waals surface area contributed by atoms with Gasteiger partial charge in [-0.05, 0) is 19.9 Å². The lowest BCUT2D eigenvalue weighted by Crippen LogP contribution is -2.40. The Kier molecular flexibility index (Phi) is 8.38. The predicted octanol–water partition coefficient (Wildman–Crippen LogP) is 0.283. The molecule has 1 saturated heterocycles. The van der Waals surface area contributed by atoms with Gasteiger partial charge in [-0.3, -0.25) is 4.79 Å². The van der Waals surface area contributed by atoms with Gasteiger partial charge in [-0.15, -0.1) is 0 Å². The van der Waals surface area contributed by atoms with Crippen LogP contribution >= 0.6 is 15.9 Å². The van der Waals surface area contributed by atoms with Crippen molar-refractivity contribution >= 4 is 22.4 Å². The average Bonchev–Trinajstić information content (AvgIpc) is 2.13.